The topological polar surface area (TPSA) is 41.0 Å². The monoisotopic (exact) mass is 442 g/mol. The highest BCUT2D eigenvalue weighted by Crippen LogP contribution is 2.59. The first-order valence-electron chi connectivity index (χ1n) is 11.9. The van der Waals surface area contributed by atoms with Gasteiger partial charge in [0, 0.05) is 18.7 Å². The molecule has 6 heteroatoms. The fourth-order valence-electron chi connectivity index (χ4n) is 5.74. The summed E-state index contributed by atoms with van der Waals surface area (Å²) < 4.78 is 13.5. The summed E-state index contributed by atoms with van der Waals surface area (Å²) in [6.45, 7) is 4.83. The Bertz CT molecular complexity index is 889. The summed E-state index contributed by atoms with van der Waals surface area (Å²) in [6.07, 6.45) is 11.2. The molecule has 1 N–H and O–H groups in total. The third kappa shape index (κ3) is 4.88. The number of anilines is 1. The number of hydrogen-bond acceptors (Lipinski definition) is 4. The van der Waals surface area contributed by atoms with E-state index < -0.39 is 0 Å². The lowest BCUT2D eigenvalue weighted by molar-refractivity contribution is 0.131. The van der Waals surface area contributed by atoms with E-state index in [0.717, 1.165) is 24.2 Å². The van der Waals surface area contributed by atoms with Crippen molar-refractivity contribution in [3.05, 3.63) is 41.2 Å². The van der Waals surface area contributed by atoms with Gasteiger partial charge in [-0.3, -0.25) is 0 Å². The van der Waals surface area contributed by atoms with Crippen molar-refractivity contribution in [1.29, 1.82) is 0 Å². The molecule has 4 nitrogen and oxygen atoms in total. The Morgan fingerprint density at radius 1 is 1.06 bits per heavy atom. The number of aromatic nitrogens is 2. The van der Waals surface area contributed by atoms with Gasteiger partial charge in [-0.2, -0.15) is 0 Å². The normalized spacial score (nSPS) is 23.7. The highest BCUT2D eigenvalue weighted by Gasteiger charge is 2.54. The van der Waals surface area contributed by atoms with E-state index in [9.17, 15) is 4.39 Å². The molecule has 5 rings (SSSR count). The van der Waals surface area contributed by atoms with Crippen molar-refractivity contribution in [3.63, 3.8) is 0 Å². The highest BCUT2D eigenvalue weighted by atomic mass is 35.5. The van der Waals surface area contributed by atoms with Crippen LogP contribution in [-0.2, 0) is 0 Å². The first-order valence-corrected chi connectivity index (χ1v) is 12.2. The van der Waals surface area contributed by atoms with Crippen LogP contribution in [0.25, 0.3) is 11.3 Å². The van der Waals surface area contributed by atoms with E-state index in [1.165, 1.54) is 83.1 Å². The Balaban J connectivity index is 1.09. The molecular weight excluding hydrogens is 411 g/mol. The van der Waals surface area contributed by atoms with Crippen LogP contribution in [0, 0.1) is 23.1 Å². The van der Waals surface area contributed by atoms with E-state index in [2.05, 4.69) is 20.4 Å². The van der Waals surface area contributed by atoms with E-state index >= 15 is 0 Å². The largest absolute Gasteiger partial charge is 0.368 e. The number of hydrogen-bond donors (Lipinski definition) is 1. The van der Waals surface area contributed by atoms with Gasteiger partial charge < -0.3 is 10.2 Å². The number of benzene rings is 1. The maximum absolute atomic E-state index is 13.5. The SMILES string of the molecule is Fc1ccc(Cl)c(-c2ccc(NC[C@@H]3CC34CCN(CC3CCCCC3)CC4)nn2)c1. The molecule has 0 bridgehead atoms. The summed E-state index contributed by atoms with van der Waals surface area (Å²) in [4.78, 5) is 2.73. The van der Waals surface area contributed by atoms with Gasteiger partial charge in [0.25, 0.3) is 0 Å². The Kier molecular flexibility index (Phi) is 6.16. The van der Waals surface area contributed by atoms with Crippen molar-refractivity contribution in [1.82, 2.24) is 15.1 Å². The van der Waals surface area contributed by atoms with E-state index in [1.54, 1.807) is 6.07 Å². The van der Waals surface area contributed by atoms with Gasteiger partial charge in [-0.15, -0.1) is 10.2 Å². The zero-order valence-electron chi connectivity index (χ0n) is 18.1. The molecule has 3 aliphatic rings. The van der Waals surface area contributed by atoms with Gasteiger partial charge in [0.15, 0.2) is 0 Å². The van der Waals surface area contributed by atoms with Gasteiger partial charge in [-0.1, -0.05) is 30.9 Å². The molecule has 1 aromatic heterocycles. The summed E-state index contributed by atoms with van der Waals surface area (Å²) in [6, 6.07) is 8.05. The summed E-state index contributed by atoms with van der Waals surface area (Å²) in [5, 5.41) is 12.5. The smallest absolute Gasteiger partial charge is 0.148 e. The molecule has 0 unspecified atom stereocenters. The minimum Gasteiger partial charge on any atom is -0.368 e. The van der Waals surface area contributed by atoms with Crippen LogP contribution >= 0.6 is 11.6 Å². The number of nitrogens with one attached hydrogen (secondary N) is 1. The minimum absolute atomic E-state index is 0.327. The van der Waals surface area contributed by atoms with E-state index in [4.69, 9.17) is 11.6 Å². The van der Waals surface area contributed by atoms with Crippen LogP contribution in [-0.4, -0.2) is 41.3 Å². The van der Waals surface area contributed by atoms with Crippen molar-refractivity contribution in [2.24, 2.45) is 17.3 Å². The third-order valence-electron chi connectivity index (χ3n) is 7.85. The zero-order valence-corrected chi connectivity index (χ0v) is 18.9. The quantitative estimate of drug-likeness (QED) is 0.592. The number of likely N-dealkylation sites (tertiary alicyclic amines) is 1. The molecule has 2 saturated carbocycles. The van der Waals surface area contributed by atoms with Gasteiger partial charge in [-0.25, -0.2) is 4.39 Å². The molecule has 0 amide bonds. The number of nitrogens with zero attached hydrogens (tertiary/aromatic N) is 3. The van der Waals surface area contributed by atoms with Crippen molar-refractivity contribution < 1.29 is 4.39 Å². The Hall–Kier alpha value is -1.72. The third-order valence-corrected chi connectivity index (χ3v) is 8.18. The maximum Gasteiger partial charge on any atom is 0.148 e. The van der Waals surface area contributed by atoms with Crippen LogP contribution in [0.3, 0.4) is 0 Å². The van der Waals surface area contributed by atoms with Gasteiger partial charge in [0.1, 0.15) is 11.6 Å². The molecule has 2 aliphatic carbocycles. The summed E-state index contributed by atoms with van der Waals surface area (Å²) >= 11 is 6.18. The van der Waals surface area contributed by atoms with Crippen molar-refractivity contribution in [2.45, 2.75) is 51.4 Å². The van der Waals surface area contributed by atoms with Crippen LogP contribution < -0.4 is 5.32 Å². The van der Waals surface area contributed by atoms with Crippen LogP contribution in [0.1, 0.15) is 51.4 Å². The fraction of sp³-hybridized carbons (Fsp3) is 0.600. The first kappa shape index (κ1) is 21.1. The first-order chi connectivity index (χ1) is 15.1. The van der Waals surface area contributed by atoms with E-state index in [1.807, 2.05) is 12.1 Å². The van der Waals surface area contributed by atoms with Gasteiger partial charge >= 0.3 is 0 Å². The predicted molar refractivity (Wildman–Crippen MR) is 124 cm³/mol. The predicted octanol–water partition coefficient (Wildman–Crippen LogP) is 6.03. The van der Waals surface area contributed by atoms with Gasteiger partial charge in [-0.05, 0) is 92.8 Å². The van der Waals surface area contributed by atoms with Crippen molar-refractivity contribution in [3.8, 4) is 11.3 Å². The second-order valence-electron chi connectivity index (χ2n) is 9.88. The van der Waals surface area contributed by atoms with Crippen LogP contribution in [0.5, 0.6) is 0 Å². The number of piperidine rings is 1. The lowest BCUT2D eigenvalue weighted by Crippen LogP contribution is -2.39. The molecule has 2 heterocycles. The Labute approximate surface area is 189 Å². The Morgan fingerprint density at radius 2 is 1.87 bits per heavy atom. The molecule has 1 aromatic carbocycles. The van der Waals surface area contributed by atoms with Crippen LogP contribution in [0.4, 0.5) is 10.2 Å². The summed E-state index contributed by atoms with van der Waals surface area (Å²) in [5.41, 5.74) is 1.71. The number of rotatable bonds is 6. The second kappa shape index (κ2) is 9.03. The molecular formula is C25H32ClFN4. The van der Waals surface area contributed by atoms with Gasteiger partial charge in [0.05, 0.1) is 10.7 Å². The molecule has 31 heavy (non-hydrogen) atoms. The fourth-order valence-corrected chi connectivity index (χ4v) is 5.95. The van der Waals surface area contributed by atoms with Crippen molar-refractivity contribution >= 4 is 17.4 Å². The molecule has 3 fully saturated rings. The molecule has 166 valence electrons. The minimum atomic E-state index is -0.327. The van der Waals surface area contributed by atoms with Gasteiger partial charge in [0.2, 0.25) is 0 Å². The van der Waals surface area contributed by atoms with E-state index in [0.29, 0.717) is 21.7 Å². The summed E-state index contributed by atoms with van der Waals surface area (Å²) in [5.74, 6) is 2.13. The standard InChI is InChI=1S/C25H32ClFN4/c26-22-7-6-20(27)14-21(22)23-8-9-24(30-29-23)28-16-19-15-25(19)10-12-31(13-11-25)17-18-4-2-1-3-5-18/h6-9,14,18-19H,1-5,10-13,15-17H2,(H,28,30)/t19-/m0/s1. The van der Waals surface area contributed by atoms with E-state index in [-0.39, 0.29) is 5.82 Å². The Morgan fingerprint density at radius 3 is 2.61 bits per heavy atom. The molecule has 1 spiro atoms. The van der Waals surface area contributed by atoms with Crippen LogP contribution in [0.2, 0.25) is 5.02 Å². The molecule has 0 radical (unpaired) electrons. The second-order valence-corrected chi connectivity index (χ2v) is 10.3. The molecule has 1 aliphatic heterocycles. The molecule has 1 atom stereocenters. The summed E-state index contributed by atoms with van der Waals surface area (Å²) in [7, 11) is 0. The lowest BCUT2D eigenvalue weighted by Gasteiger charge is -2.36. The molecule has 2 aromatic rings. The van der Waals surface area contributed by atoms with Crippen LogP contribution in [0.15, 0.2) is 30.3 Å². The average Bonchev–Trinajstić information content (AvgIpc) is 3.48. The maximum atomic E-state index is 13.5. The molecule has 1 saturated heterocycles. The lowest BCUT2D eigenvalue weighted by atomic mass is 9.86. The average molecular weight is 443 g/mol. The number of halogens is 2. The highest BCUT2D eigenvalue weighted by molar-refractivity contribution is 6.33. The zero-order chi connectivity index (χ0) is 21.3. The van der Waals surface area contributed by atoms with Crippen molar-refractivity contribution in [2.75, 3.05) is 31.5 Å².